The van der Waals surface area contributed by atoms with Crippen LogP contribution >= 0.6 is 0 Å². The van der Waals surface area contributed by atoms with Gasteiger partial charge in [0.15, 0.2) is 15.6 Å². The Labute approximate surface area is 147 Å². The molecule has 2 aromatic rings. The molecule has 2 bridgehead atoms. The summed E-state index contributed by atoms with van der Waals surface area (Å²) < 4.78 is 26.2. The molecule has 4 nitrogen and oxygen atoms in total. The van der Waals surface area contributed by atoms with E-state index in [1.54, 1.807) is 30.3 Å². The molecule has 0 aliphatic carbocycles. The van der Waals surface area contributed by atoms with Crippen LogP contribution in [-0.4, -0.2) is 43.5 Å². The minimum Gasteiger partial charge on any atom is -0.292 e. The number of carbonyl (C=O) groups excluding carboxylic acids is 1. The van der Waals surface area contributed by atoms with Crippen molar-refractivity contribution in [2.75, 3.05) is 7.05 Å². The monoisotopic (exact) mass is 353 g/mol. The van der Waals surface area contributed by atoms with Crippen molar-refractivity contribution in [3.8, 4) is 0 Å². The first kappa shape index (κ1) is 16.2. The number of nitrogens with zero attached hydrogens (tertiary/aromatic N) is 1. The molecule has 3 atom stereocenters. The van der Waals surface area contributed by atoms with Gasteiger partial charge in [0.05, 0.1) is 16.2 Å². The number of hydrogen-bond acceptors (Lipinski definition) is 4. The van der Waals surface area contributed by atoms with E-state index < -0.39 is 15.1 Å². The summed E-state index contributed by atoms with van der Waals surface area (Å²) in [6.45, 7) is 0. The first-order chi connectivity index (χ1) is 12.0. The van der Waals surface area contributed by atoms with Gasteiger partial charge in [-0.3, -0.25) is 9.69 Å². The van der Waals surface area contributed by atoms with Crippen molar-refractivity contribution in [3.05, 3.63) is 72.3 Å². The van der Waals surface area contributed by atoms with Crippen molar-refractivity contribution in [1.29, 1.82) is 0 Å². The van der Waals surface area contributed by atoms with Gasteiger partial charge in [-0.1, -0.05) is 54.6 Å². The Hall–Kier alpha value is -2.24. The Kier molecular flexibility index (Phi) is 3.85. The van der Waals surface area contributed by atoms with Crippen LogP contribution in [0.5, 0.6) is 0 Å². The predicted molar refractivity (Wildman–Crippen MR) is 96.8 cm³/mol. The van der Waals surface area contributed by atoms with Crippen LogP contribution in [0.3, 0.4) is 0 Å². The Bertz CT molecular complexity index is 935. The lowest BCUT2D eigenvalue weighted by Gasteiger charge is -2.30. The van der Waals surface area contributed by atoms with E-state index in [2.05, 4.69) is 0 Å². The summed E-state index contributed by atoms with van der Waals surface area (Å²) in [4.78, 5) is 15.1. The number of hydrogen-bond donors (Lipinski definition) is 0. The second-order valence-electron chi connectivity index (χ2n) is 6.61. The van der Waals surface area contributed by atoms with Gasteiger partial charge in [0.1, 0.15) is 0 Å². The van der Waals surface area contributed by atoms with Gasteiger partial charge in [-0.25, -0.2) is 8.42 Å². The van der Waals surface area contributed by atoms with E-state index in [0.717, 1.165) is 5.56 Å². The number of benzene rings is 2. The van der Waals surface area contributed by atoms with E-state index >= 15 is 0 Å². The van der Waals surface area contributed by atoms with Crippen LogP contribution in [0.4, 0.5) is 0 Å². The van der Waals surface area contributed by atoms with Crippen molar-refractivity contribution in [3.63, 3.8) is 0 Å². The Balaban J connectivity index is 1.78. The average Bonchev–Trinajstić information content (AvgIpc) is 2.88. The number of fused-ring (bicyclic) bond motifs is 2. The summed E-state index contributed by atoms with van der Waals surface area (Å²) in [7, 11) is -1.65. The molecule has 5 heteroatoms. The molecule has 128 valence electrons. The SMILES string of the molecule is CN1[C@@H]2C[C@H](S(=O)(=O)c3ccccc3)[C@H]1C=C(c1ccccc1)C2=O. The zero-order chi connectivity index (χ0) is 17.6. The van der Waals surface area contributed by atoms with Crippen molar-refractivity contribution in [2.45, 2.75) is 28.6 Å². The van der Waals surface area contributed by atoms with Gasteiger partial charge in [0.25, 0.3) is 0 Å². The van der Waals surface area contributed by atoms with Crippen molar-refractivity contribution in [2.24, 2.45) is 0 Å². The molecule has 1 fully saturated rings. The van der Waals surface area contributed by atoms with Gasteiger partial charge in [0, 0.05) is 11.6 Å². The Morgan fingerprint density at radius 2 is 1.56 bits per heavy atom. The molecular weight excluding hydrogens is 334 g/mol. The third kappa shape index (κ3) is 2.55. The molecule has 2 heterocycles. The molecule has 4 rings (SSSR count). The molecule has 0 amide bonds. The fourth-order valence-corrected chi connectivity index (χ4v) is 5.86. The highest BCUT2D eigenvalue weighted by Crippen LogP contribution is 2.40. The number of Topliss-reactive ketones (excluding diaryl/α,β-unsaturated/α-hetero) is 1. The third-order valence-corrected chi connectivity index (χ3v) is 7.46. The van der Waals surface area contributed by atoms with Crippen LogP contribution in [0.2, 0.25) is 0 Å². The normalized spacial score (nSPS) is 26.5. The second kappa shape index (κ2) is 5.93. The van der Waals surface area contributed by atoms with Crippen molar-refractivity contribution in [1.82, 2.24) is 4.90 Å². The first-order valence-corrected chi connectivity index (χ1v) is 9.87. The van der Waals surface area contributed by atoms with E-state index in [4.69, 9.17) is 0 Å². The molecule has 0 N–H and O–H groups in total. The molecule has 2 aromatic carbocycles. The predicted octanol–water partition coefficient (Wildman–Crippen LogP) is 2.57. The summed E-state index contributed by atoms with van der Waals surface area (Å²) in [5.41, 5.74) is 1.49. The quantitative estimate of drug-likeness (QED) is 0.851. The van der Waals surface area contributed by atoms with Crippen molar-refractivity contribution < 1.29 is 13.2 Å². The van der Waals surface area contributed by atoms with Gasteiger partial charge in [-0.15, -0.1) is 0 Å². The fraction of sp³-hybridized carbons (Fsp3) is 0.250. The van der Waals surface area contributed by atoms with Crippen LogP contribution in [0.25, 0.3) is 5.57 Å². The maximum atomic E-state index is 13.1. The van der Waals surface area contributed by atoms with E-state index in [0.29, 0.717) is 16.9 Å². The van der Waals surface area contributed by atoms with Gasteiger partial charge in [0.2, 0.25) is 0 Å². The van der Waals surface area contributed by atoms with E-state index in [1.807, 2.05) is 48.4 Å². The lowest BCUT2D eigenvalue weighted by Crippen LogP contribution is -2.43. The van der Waals surface area contributed by atoms with Crippen LogP contribution in [0.1, 0.15) is 12.0 Å². The highest BCUT2D eigenvalue weighted by molar-refractivity contribution is 7.92. The van der Waals surface area contributed by atoms with Gasteiger partial charge < -0.3 is 0 Å². The molecule has 0 spiro atoms. The number of ketones is 1. The number of rotatable bonds is 3. The standard InChI is InChI=1S/C20H19NO3S/c1-21-17-12-16(14-8-4-2-5-9-14)20(22)18(21)13-19(17)25(23,24)15-10-6-3-7-11-15/h2-12,17-19H,13H2,1H3/t17-,18-,19+/m1/s1. The molecule has 25 heavy (non-hydrogen) atoms. The molecule has 0 unspecified atom stereocenters. The minimum atomic E-state index is -3.49. The zero-order valence-electron chi connectivity index (χ0n) is 13.9. The maximum Gasteiger partial charge on any atom is 0.183 e. The summed E-state index contributed by atoms with van der Waals surface area (Å²) in [6, 6.07) is 17.3. The summed E-state index contributed by atoms with van der Waals surface area (Å²) in [5, 5.41) is -0.602. The van der Waals surface area contributed by atoms with Crippen LogP contribution in [0.15, 0.2) is 71.6 Å². The number of sulfone groups is 1. The Morgan fingerprint density at radius 3 is 2.20 bits per heavy atom. The van der Waals surface area contributed by atoms with Gasteiger partial charge in [-0.05, 0) is 31.2 Å². The molecule has 2 aliphatic rings. The zero-order valence-corrected chi connectivity index (χ0v) is 14.7. The van der Waals surface area contributed by atoms with Crippen LogP contribution < -0.4 is 0 Å². The highest BCUT2D eigenvalue weighted by atomic mass is 32.2. The molecule has 2 aliphatic heterocycles. The van der Waals surface area contributed by atoms with Gasteiger partial charge in [-0.2, -0.15) is 0 Å². The molecule has 0 aromatic heterocycles. The highest BCUT2D eigenvalue weighted by Gasteiger charge is 2.51. The molecule has 1 saturated heterocycles. The summed E-state index contributed by atoms with van der Waals surface area (Å²) in [6.07, 6.45) is 2.18. The largest absolute Gasteiger partial charge is 0.292 e. The Morgan fingerprint density at radius 1 is 0.960 bits per heavy atom. The van der Waals surface area contributed by atoms with E-state index in [9.17, 15) is 13.2 Å². The minimum absolute atomic E-state index is 0.00992. The summed E-state index contributed by atoms with van der Waals surface area (Å²) >= 11 is 0. The maximum absolute atomic E-state index is 13.1. The van der Waals surface area contributed by atoms with Crippen molar-refractivity contribution >= 4 is 21.2 Å². The lowest BCUT2D eigenvalue weighted by atomic mass is 9.94. The summed E-state index contributed by atoms with van der Waals surface area (Å²) in [5.74, 6) is 0.00992. The molecule has 0 saturated carbocycles. The lowest BCUT2D eigenvalue weighted by molar-refractivity contribution is -0.118. The smallest absolute Gasteiger partial charge is 0.183 e. The number of likely N-dealkylation sites (N-methyl/N-ethyl adjacent to an activating group) is 1. The third-order valence-electron chi connectivity index (χ3n) is 5.26. The van der Waals surface area contributed by atoms with Gasteiger partial charge >= 0.3 is 0 Å². The first-order valence-electron chi connectivity index (χ1n) is 8.32. The van der Waals surface area contributed by atoms with E-state index in [-0.39, 0.29) is 17.9 Å². The average molecular weight is 353 g/mol. The van der Waals surface area contributed by atoms with E-state index in [1.165, 1.54) is 0 Å². The van der Waals surface area contributed by atoms with Crippen LogP contribution in [-0.2, 0) is 14.6 Å². The molecular formula is C20H19NO3S. The second-order valence-corrected chi connectivity index (χ2v) is 8.78. The molecule has 0 radical (unpaired) electrons. The van der Waals surface area contributed by atoms with Crippen LogP contribution in [0, 0.1) is 0 Å². The fourth-order valence-electron chi connectivity index (χ4n) is 3.90. The topological polar surface area (TPSA) is 54.5 Å². The number of carbonyl (C=O) groups is 1.